The summed E-state index contributed by atoms with van der Waals surface area (Å²) in [5.41, 5.74) is 3.35. The lowest BCUT2D eigenvalue weighted by Crippen LogP contribution is -2.48. The van der Waals surface area contributed by atoms with Crippen molar-refractivity contribution in [3.8, 4) is 0 Å². The van der Waals surface area contributed by atoms with Crippen molar-refractivity contribution in [1.82, 2.24) is 15.0 Å². The molecular formula is C18H23N3O3. The SMILES string of the molecule is Cc1noc([C@@H]2[C@@H](C)OCCN2C(=O)Cc2c(C)cccc2C)n1. The molecule has 1 aliphatic rings. The van der Waals surface area contributed by atoms with E-state index in [1.807, 2.05) is 43.9 Å². The van der Waals surface area contributed by atoms with Crippen LogP contribution in [0.5, 0.6) is 0 Å². The molecule has 24 heavy (non-hydrogen) atoms. The van der Waals surface area contributed by atoms with Crippen LogP contribution in [0.4, 0.5) is 0 Å². The lowest BCUT2D eigenvalue weighted by atomic mass is 9.98. The molecule has 1 aromatic carbocycles. The molecule has 1 saturated heterocycles. The minimum Gasteiger partial charge on any atom is -0.374 e. The average molecular weight is 329 g/mol. The predicted octanol–water partition coefficient (Wildman–Crippen LogP) is 2.53. The van der Waals surface area contributed by atoms with Crippen LogP contribution in [-0.4, -0.2) is 40.2 Å². The molecule has 0 bridgehead atoms. The summed E-state index contributed by atoms with van der Waals surface area (Å²) in [6, 6.07) is 5.75. The zero-order valence-electron chi connectivity index (χ0n) is 14.6. The first-order valence-corrected chi connectivity index (χ1v) is 8.23. The normalized spacial score (nSPS) is 21.1. The maximum Gasteiger partial charge on any atom is 0.252 e. The van der Waals surface area contributed by atoms with E-state index in [1.54, 1.807) is 6.92 Å². The first-order valence-electron chi connectivity index (χ1n) is 8.23. The van der Waals surface area contributed by atoms with Crippen molar-refractivity contribution in [1.29, 1.82) is 0 Å². The van der Waals surface area contributed by atoms with Crippen LogP contribution in [0.2, 0.25) is 0 Å². The van der Waals surface area contributed by atoms with E-state index < -0.39 is 0 Å². The molecule has 1 amide bonds. The smallest absolute Gasteiger partial charge is 0.252 e. The van der Waals surface area contributed by atoms with Crippen LogP contribution >= 0.6 is 0 Å². The van der Waals surface area contributed by atoms with Crippen molar-refractivity contribution in [2.24, 2.45) is 0 Å². The summed E-state index contributed by atoms with van der Waals surface area (Å²) in [7, 11) is 0. The molecule has 2 aromatic rings. The third-order valence-corrected chi connectivity index (χ3v) is 4.58. The molecule has 0 aliphatic carbocycles. The number of morpholine rings is 1. The van der Waals surface area contributed by atoms with Gasteiger partial charge in [-0.05, 0) is 44.4 Å². The quantitative estimate of drug-likeness (QED) is 0.865. The third kappa shape index (κ3) is 3.19. The fourth-order valence-electron chi connectivity index (χ4n) is 3.25. The van der Waals surface area contributed by atoms with Gasteiger partial charge < -0.3 is 14.2 Å². The number of rotatable bonds is 3. The van der Waals surface area contributed by atoms with Gasteiger partial charge in [0.05, 0.1) is 19.1 Å². The van der Waals surface area contributed by atoms with Gasteiger partial charge in [-0.3, -0.25) is 4.79 Å². The van der Waals surface area contributed by atoms with Gasteiger partial charge in [0.2, 0.25) is 5.91 Å². The van der Waals surface area contributed by atoms with Gasteiger partial charge in [0.1, 0.15) is 6.04 Å². The van der Waals surface area contributed by atoms with E-state index >= 15 is 0 Å². The Bertz CT molecular complexity index is 721. The molecule has 2 heterocycles. The van der Waals surface area contributed by atoms with Gasteiger partial charge in [-0.15, -0.1) is 0 Å². The number of hydrogen-bond donors (Lipinski definition) is 0. The Balaban J connectivity index is 1.86. The Morgan fingerprint density at radius 2 is 2.00 bits per heavy atom. The molecule has 3 rings (SSSR count). The number of hydrogen-bond acceptors (Lipinski definition) is 5. The van der Waals surface area contributed by atoms with Gasteiger partial charge in [-0.25, -0.2) is 0 Å². The molecule has 1 aliphatic heterocycles. The fourth-order valence-corrected chi connectivity index (χ4v) is 3.25. The Morgan fingerprint density at radius 1 is 1.29 bits per heavy atom. The minimum atomic E-state index is -0.336. The van der Waals surface area contributed by atoms with E-state index in [9.17, 15) is 4.79 Å². The minimum absolute atomic E-state index is 0.0587. The van der Waals surface area contributed by atoms with Crippen molar-refractivity contribution < 1.29 is 14.1 Å². The Morgan fingerprint density at radius 3 is 2.62 bits per heavy atom. The fraction of sp³-hybridized carbons (Fsp3) is 0.500. The highest BCUT2D eigenvalue weighted by molar-refractivity contribution is 5.80. The van der Waals surface area contributed by atoms with Gasteiger partial charge in [0.25, 0.3) is 5.89 Å². The largest absolute Gasteiger partial charge is 0.374 e. The number of aryl methyl sites for hydroxylation is 3. The van der Waals surface area contributed by atoms with Crippen LogP contribution in [0.25, 0.3) is 0 Å². The summed E-state index contributed by atoms with van der Waals surface area (Å²) in [4.78, 5) is 19.1. The molecule has 0 radical (unpaired) electrons. The van der Waals surface area contributed by atoms with Gasteiger partial charge in [0, 0.05) is 6.54 Å². The van der Waals surface area contributed by atoms with Crippen molar-refractivity contribution >= 4 is 5.91 Å². The predicted molar refractivity (Wildman–Crippen MR) is 88.5 cm³/mol. The van der Waals surface area contributed by atoms with Gasteiger partial charge in [0.15, 0.2) is 5.82 Å². The zero-order valence-corrected chi connectivity index (χ0v) is 14.6. The second kappa shape index (κ2) is 6.73. The molecule has 0 N–H and O–H groups in total. The van der Waals surface area contributed by atoms with Crippen molar-refractivity contribution in [3.05, 3.63) is 46.6 Å². The Hall–Kier alpha value is -2.21. The first-order chi connectivity index (χ1) is 11.5. The summed E-state index contributed by atoms with van der Waals surface area (Å²) in [6.45, 7) is 8.82. The van der Waals surface area contributed by atoms with Crippen molar-refractivity contribution in [2.75, 3.05) is 13.2 Å². The molecular weight excluding hydrogens is 306 g/mol. The standard InChI is InChI=1S/C18H23N3O3/c1-11-6-5-7-12(2)15(11)10-16(22)21-8-9-23-13(3)17(21)18-19-14(4)20-24-18/h5-7,13,17H,8-10H2,1-4H3/t13-,17+/m1/s1. The molecule has 128 valence electrons. The molecule has 6 heteroatoms. The number of amides is 1. The molecule has 0 spiro atoms. The number of carbonyl (C=O) groups is 1. The van der Waals surface area contributed by atoms with E-state index in [-0.39, 0.29) is 18.1 Å². The van der Waals surface area contributed by atoms with E-state index in [2.05, 4.69) is 10.1 Å². The second-order valence-electron chi connectivity index (χ2n) is 6.33. The zero-order chi connectivity index (χ0) is 17.3. The summed E-state index contributed by atoms with van der Waals surface area (Å²) >= 11 is 0. The second-order valence-corrected chi connectivity index (χ2v) is 6.33. The molecule has 1 aromatic heterocycles. The molecule has 2 atom stereocenters. The summed E-state index contributed by atoms with van der Waals surface area (Å²) in [5.74, 6) is 1.06. The third-order valence-electron chi connectivity index (χ3n) is 4.58. The molecule has 0 unspecified atom stereocenters. The number of carbonyl (C=O) groups excluding carboxylic acids is 1. The average Bonchev–Trinajstić information content (AvgIpc) is 2.96. The molecule has 6 nitrogen and oxygen atoms in total. The number of benzene rings is 1. The Kier molecular flexibility index (Phi) is 4.66. The highest BCUT2D eigenvalue weighted by Gasteiger charge is 2.37. The van der Waals surface area contributed by atoms with Crippen LogP contribution in [0.15, 0.2) is 22.7 Å². The summed E-state index contributed by atoms with van der Waals surface area (Å²) in [6.07, 6.45) is 0.190. The first kappa shape index (κ1) is 16.6. The Labute approximate surface area is 141 Å². The summed E-state index contributed by atoms with van der Waals surface area (Å²) in [5, 5.41) is 3.85. The number of nitrogens with zero attached hydrogens (tertiary/aromatic N) is 3. The van der Waals surface area contributed by atoms with Crippen LogP contribution in [-0.2, 0) is 16.0 Å². The molecule has 1 fully saturated rings. The van der Waals surface area contributed by atoms with E-state index in [0.717, 1.165) is 16.7 Å². The maximum atomic E-state index is 13.0. The van der Waals surface area contributed by atoms with Gasteiger partial charge >= 0.3 is 0 Å². The molecule has 0 saturated carbocycles. The van der Waals surface area contributed by atoms with Gasteiger partial charge in [-0.2, -0.15) is 4.98 Å². The summed E-state index contributed by atoms with van der Waals surface area (Å²) < 4.78 is 11.0. The van der Waals surface area contributed by atoms with E-state index in [1.165, 1.54) is 0 Å². The number of aromatic nitrogens is 2. The lowest BCUT2D eigenvalue weighted by molar-refractivity contribution is -0.146. The van der Waals surface area contributed by atoms with Crippen molar-refractivity contribution in [2.45, 2.75) is 46.3 Å². The lowest BCUT2D eigenvalue weighted by Gasteiger charge is -2.37. The van der Waals surface area contributed by atoms with Crippen LogP contribution in [0, 0.1) is 20.8 Å². The highest BCUT2D eigenvalue weighted by Crippen LogP contribution is 2.29. The van der Waals surface area contributed by atoms with Crippen LogP contribution in [0.1, 0.15) is 41.4 Å². The van der Waals surface area contributed by atoms with Crippen LogP contribution < -0.4 is 0 Å². The monoisotopic (exact) mass is 329 g/mol. The van der Waals surface area contributed by atoms with E-state index in [0.29, 0.717) is 31.3 Å². The van der Waals surface area contributed by atoms with Gasteiger partial charge in [-0.1, -0.05) is 23.4 Å². The maximum absolute atomic E-state index is 13.0. The highest BCUT2D eigenvalue weighted by atomic mass is 16.5. The van der Waals surface area contributed by atoms with Crippen molar-refractivity contribution in [3.63, 3.8) is 0 Å². The number of ether oxygens (including phenoxy) is 1. The van der Waals surface area contributed by atoms with E-state index in [4.69, 9.17) is 9.26 Å². The topological polar surface area (TPSA) is 68.5 Å². The van der Waals surface area contributed by atoms with Crippen LogP contribution in [0.3, 0.4) is 0 Å².